The monoisotopic (exact) mass is 313 g/mol. The van der Waals surface area contributed by atoms with Crippen LogP contribution in [0, 0.1) is 23.1 Å². The molecule has 7 heteroatoms. The lowest BCUT2D eigenvalue weighted by Crippen LogP contribution is -2.36. The standard InChI is InChI=1S/C16H16FN5O/c17-14-9-20-16(21-10-14)22-6-3-12(4-7-22)11-23-15-13(8-18)2-1-5-19-15/h1-2,5,9-10,12H,3-4,6-7,11H2. The summed E-state index contributed by atoms with van der Waals surface area (Å²) in [5.74, 6) is 0.905. The van der Waals surface area contributed by atoms with E-state index in [-0.39, 0.29) is 0 Å². The number of nitriles is 1. The molecule has 6 nitrogen and oxygen atoms in total. The first-order valence-corrected chi connectivity index (χ1v) is 7.46. The SMILES string of the molecule is N#Cc1cccnc1OCC1CCN(c2ncc(F)cn2)CC1. The van der Waals surface area contributed by atoms with Crippen molar-refractivity contribution in [3.63, 3.8) is 0 Å². The number of hydrogen-bond donors (Lipinski definition) is 0. The second-order valence-electron chi connectivity index (χ2n) is 5.41. The second kappa shape index (κ2) is 7.01. The normalized spacial score (nSPS) is 15.2. The van der Waals surface area contributed by atoms with E-state index in [1.165, 1.54) is 12.4 Å². The van der Waals surface area contributed by atoms with E-state index in [2.05, 4.69) is 21.0 Å². The van der Waals surface area contributed by atoms with E-state index in [1.807, 2.05) is 4.90 Å². The van der Waals surface area contributed by atoms with Gasteiger partial charge in [-0.25, -0.2) is 19.3 Å². The van der Waals surface area contributed by atoms with E-state index in [4.69, 9.17) is 10.00 Å². The van der Waals surface area contributed by atoms with Crippen molar-refractivity contribution >= 4 is 5.95 Å². The van der Waals surface area contributed by atoms with Crippen LogP contribution in [0.25, 0.3) is 0 Å². The van der Waals surface area contributed by atoms with Crippen molar-refractivity contribution in [3.8, 4) is 11.9 Å². The van der Waals surface area contributed by atoms with Gasteiger partial charge in [-0.15, -0.1) is 0 Å². The molecule has 3 rings (SSSR count). The van der Waals surface area contributed by atoms with Crippen LogP contribution in [-0.4, -0.2) is 34.6 Å². The maximum atomic E-state index is 12.9. The van der Waals surface area contributed by atoms with Gasteiger partial charge in [0.05, 0.1) is 19.0 Å². The molecular weight excluding hydrogens is 297 g/mol. The Bertz CT molecular complexity index is 692. The van der Waals surface area contributed by atoms with Crippen LogP contribution in [0.4, 0.5) is 10.3 Å². The molecule has 1 aliphatic heterocycles. The fraction of sp³-hybridized carbons (Fsp3) is 0.375. The van der Waals surface area contributed by atoms with Gasteiger partial charge in [0.15, 0.2) is 5.82 Å². The average molecular weight is 313 g/mol. The number of pyridine rings is 1. The molecule has 1 saturated heterocycles. The van der Waals surface area contributed by atoms with Gasteiger partial charge >= 0.3 is 0 Å². The van der Waals surface area contributed by atoms with E-state index >= 15 is 0 Å². The number of rotatable bonds is 4. The molecular formula is C16H16FN5O. The van der Waals surface area contributed by atoms with Crippen molar-refractivity contribution in [2.75, 3.05) is 24.6 Å². The second-order valence-corrected chi connectivity index (χ2v) is 5.41. The quantitative estimate of drug-likeness (QED) is 0.861. The summed E-state index contributed by atoms with van der Waals surface area (Å²) in [5, 5.41) is 9.02. The molecule has 0 N–H and O–H groups in total. The molecule has 118 valence electrons. The predicted molar refractivity (Wildman–Crippen MR) is 81.4 cm³/mol. The van der Waals surface area contributed by atoms with E-state index in [0.717, 1.165) is 25.9 Å². The summed E-state index contributed by atoms with van der Waals surface area (Å²) in [6, 6.07) is 5.48. The van der Waals surface area contributed by atoms with E-state index in [1.54, 1.807) is 18.3 Å². The lowest BCUT2D eigenvalue weighted by molar-refractivity contribution is 0.215. The van der Waals surface area contributed by atoms with Gasteiger partial charge in [0.1, 0.15) is 11.6 Å². The molecule has 0 unspecified atom stereocenters. The van der Waals surface area contributed by atoms with E-state index in [0.29, 0.717) is 29.9 Å². The Labute approximate surface area is 133 Å². The lowest BCUT2D eigenvalue weighted by atomic mass is 9.98. The zero-order chi connectivity index (χ0) is 16.1. The van der Waals surface area contributed by atoms with Gasteiger partial charge in [-0.3, -0.25) is 0 Å². The summed E-state index contributed by atoms with van der Waals surface area (Å²) in [6.45, 7) is 2.13. The summed E-state index contributed by atoms with van der Waals surface area (Å²) >= 11 is 0. The van der Waals surface area contributed by atoms with E-state index < -0.39 is 5.82 Å². The zero-order valence-corrected chi connectivity index (χ0v) is 12.5. The molecule has 0 aliphatic carbocycles. The van der Waals surface area contributed by atoms with Gasteiger partial charge in [0, 0.05) is 19.3 Å². The van der Waals surface area contributed by atoms with Crippen LogP contribution in [0.3, 0.4) is 0 Å². The van der Waals surface area contributed by atoms with Crippen LogP contribution >= 0.6 is 0 Å². The molecule has 2 aromatic heterocycles. The molecule has 0 radical (unpaired) electrons. The van der Waals surface area contributed by atoms with Gasteiger partial charge in [-0.1, -0.05) is 0 Å². The first-order chi connectivity index (χ1) is 11.3. The number of anilines is 1. The Morgan fingerprint density at radius 3 is 2.70 bits per heavy atom. The fourth-order valence-corrected chi connectivity index (χ4v) is 2.56. The largest absolute Gasteiger partial charge is 0.476 e. The first-order valence-electron chi connectivity index (χ1n) is 7.46. The molecule has 2 aromatic rings. The number of aromatic nitrogens is 3. The summed E-state index contributed by atoms with van der Waals surface area (Å²) < 4.78 is 18.5. The van der Waals surface area contributed by atoms with Crippen LogP contribution in [0.1, 0.15) is 18.4 Å². The molecule has 0 atom stereocenters. The highest BCUT2D eigenvalue weighted by Gasteiger charge is 2.22. The average Bonchev–Trinajstić information content (AvgIpc) is 2.61. The molecule has 0 saturated carbocycles. The number of nitrogens with zero attached hydrogens (tertiary/aromatic N) is 5. The summed E-state index contributed by atoms with van der Waals surface area (Å²) in [4.78, 5) is 14.1. The Hall–Kier alpha value is -2.75. The topological polar surface area (TPSA) is 74.9 Å². The number of hydrogen-bond acceptors (Lipinski definition) is 6. The Balaban J connectivity index is 1.51. The van der Waals surface area contributed by atoms with Crippen molar-refractivity contribution in [2.45, 2.75) is 12.8 Å². The fourth-order valence-electron chi connectivity index (χ4n) is 2.56. The molecule has 0 aromatic carbocycles. The number of piperidine rings is 1. The molecule has 3 heterocycles. The van der Waals surface area contributed by atoms with Crippen LogP contribution < -0.4 is 9.64 Å². The predicted octanol–water partition coefficient (Wildman–Crippen LogP) is 2.18. The maximum Gasteiger partial charge on any atom is 0.231 e. The Morgan fingerprint density at radius 2 is 2.00 bits per heavy atom. The third kappa shape index (κ3) is 3.72. The van der Waals surface area contributed by atoms with Gasteiger partial charge in [-0.2, -0.15) is 5.26 Å². The zero-order valence-electron chi connectivity index (χ0n) is 12.5. The smallest absolute Gasteiger partial charge is 0.231 e. The van der Waals surface area contributed by atoms with Crippen molar-refractivity contribution < 1.29 is 9.13 Å². The molecule has 0 amide bonds. The minimum absolute atomic E-state index is 0.388. The summed E-state index contributed by atoms with van der Waals surface area (Å²) in [5.41, 5.74) is 0.449. The number of ether oxygens (including phenoxy) is 1. The van der Waals surface area contributed by atoms with Crippen LogP contribution in [-0.2, 0) is 0 Å². The minimum Gasteiger partial charge on any atom is -0.476 e. The van der Waals surface area contributed by atoms with Crippen LogP contribution in [0.2, 0.25) is 0 Å². The molecule has 0 spiro atoms. The minimum atomic E-state index is -0.430. The van der Waals surface area contributed by atoms with Crippen molar-refractivity contribution in [1.82, 2.24) is 15.0 Å². The molecule has 0 bridgehead atoms. The molecule has 1 aliphatic rings. The lowest BCUT2D eigenvalue weighted by Gasteiger charge is -2.31. The highest BCUT2D eigenvalue weighted by molar-refractivity contribution is 5.37. The third-order valence-corrected chi connectivity index (χ3v) is 3.85. The first kappa shape index (κ1) is 15.2. The summed E-state index contributed by atoms with van der Waals surface area (Å²) in [6.07, 6.45) is 5.83. The highest BCUT2D eigenvalue weighted by atomic mass is 19.1. The van der Waals surface area contributed by atoms with Crippen molar-refractivity contribution in [1.29, 1.82) is 5.26 Å². The van der Waals surface area contributed by atoms with Gasteiger partial charge in [-0.05, 0) is 30.9 Å². The van der Waals surface area contributed by atoms with Crippen molar-refractivity contribution in [2.24, 2.45) is 5.92 Å². The Morgan fingerprint density at radius 1 is 1.26 bits per heavy atom. The van der Waals surface area contributed by atoms with Crippen molar-refractivity contribution in [3.05, 3.63) is 42.1 Å². The maximum absolute atomic E-state index is 12.9. The van der Waals surface area contributed by atoms with Crippen LogP contribution in [0.15, 0.2) is 30.7 Å². The van der Waals surface area contributed by atoms with Gasteiger partial charge < -0.3 is 9.64 Å². The Kier molecular flexibility index (Phi) is 4.62. The summed E-state index contributed by atoms with van der Waals surface area (Å²) in [7, 11) is 0. The molecule has 23 heavy (non-hydrogen) atoms. The number of halogens is 1. The highest BCUT2D eigenvalue weighted by Crippen LogP contribution is 2.22. The van der Waals surface area contributed by atoms with E-state index in [9.17, 15) is 4.39 Å². The van der Waals surface area contributed by atoms with Crippen LogP contribution in [0.5, 0.6) is 5.88 Å². The van der Waals surface area contributed by atoms with Gasteiger partial charge in [0.25, 0.3) is 0 Å². The molecule has 1 fully saturated rings. The third-order valence-electron chi connectivity index (χ3n) is 3.85. The van der Waals surface area contributed by atoms with Gasteiger partial charge in [0.2, 0.25) is 11.8 Å².